The van der Waals surface area contributed by atoms with Crippen molar-refractivity contribution in [3.8, 4) is 17.9 Å². The number of aromatic nitrogens is 1. The Balaban J connectivity index is 3.04. The summed E-state index contributed by atoms with van der Waals surface area (Å²) in [4.78, 5) is 3.96. The van der Waals surface area contributed by atoms with Gasteiger partial charge in [0.15, 0.2) is 0 Å². The van der Waals surface area contributed by atoms with Crippen LogP contribution in [0.4, 0.5) is 0 Å². The number of thiol groups is 1. The van der Waals surface area contributed by atoms with E-state index in [1.54, 1.807) is 6.20 Å². The van der Waals surface area contributed by atoms with Crippen LogP contribution in [-0.2, 0) is 0 Å². The van der Waals surface area contributed by atoms with Crippen molar-refractivity contribution in [1.82, 2.24) is 4.98 Å². The molecule has 64 valence electrons. The average molecular weight is 188 g/mol. The van der Waals surface area contributed by atoms with Crippen LogP contribution in [0, 0.1) is 30.1 Å². The Hall–Kier alpha value is -1.45. The van der Waals surface area contributed by atoms with E-state index in [9.17, 15) is 0 Å². The first-order valence-electron chi connectivity index (χ1n) is 3.74. The van der Waals surface area contributed by atoms with Gasteiger partial charge < -0.3 is 0 Å². The summed E-state index contributed by atoms with van der Waals surface area (Å²) in [6.07, 6.45) is 1.60. The van der Waals surface area contributed by atoms with Crippen molar-refractivity contribution < 1.29 is 0 Å². The number of hydrogen-bond acceptors (Lipinski definition) is 3. The highest BCUT2D eigenvalue weighted by Crippen LogP contribution is 2.05. The highest BCUT2D eigenvalue weighted by Gasteiger charge is 1.97. The van der Waals surface area contributed by atoms with Crippen molar-refractivity contribution in [2.24, 2.45) is 0 Å². The van der Waals surface area contributed by atoms with Crippen molar-refractivity contribution in [2.45, 2.75) is 6.92 Å². The largest absolute Gasteiger partial charge is 0.244 e. The molecule has 0 aromatic carbocycles. The van der Waals surface area contributed by atoms with Gasteiger partial charge in [0, 0.05) is 11.8 Å². The SMILES string of the molecule is Cc1cc(C#CCS)cnc1C#N. The highest BCUT2D eigenvalue weighted by atomic mass is 32.1. The zero-order valence-corrected chi connectivity index (χ0v) is 8.10. The quantitative estimate of drug-likeness (QED) is 0.495. The number of hydrogen-bond donors (Lipinski definition) is 1. The van der Waals surface area contributed by atoms with E-state index in [1.165, 1.54) is 0 Å². The molecule has 0 bridgehead atoms. The number of nitriles is 1. The van der Waals surface area contributed by atoms with E-state index in [-0.39, 0.29) is 0 Å². The summed E-state index contributed by atoms with van der Waals surface area (Å²) in [5.41, 5.74) is 2.13. The number of rotatable bonds is 0. The van der Waals surface area contributed by atoms with Crippen molar-refractivity contribution in [1.29, 1.82) is 5.26 Å². The van der Waals surface area contributed by atoms with Gasteiger partial charge in [0.2, 0.25) is 0 Å². The van der Waals surface area contributed by atoms with Gasteiger partial charge in [0.1, 0.15) is 11.8 Å². The van der Waals surface area contributed by atoms with Crippen LogP contribution in [0.2, 0.25) is 0 Å². The maximum Gasteiger partial charge on any atom is 0.143 e. The van der Waals surface area contributed by atoms with Gasteiger partial charge in [-0.3, -0.25) is 0 Å². The Morgan fingerprint density at radius 3 is 2.92 bits per heavy atom. The molecule has 2 nitrogen and oxygen atoms in total. The molecule has 0 radical (unpaired) electrons. The fourth-order valence-electron chi connectivity index (χ4n) is 0.902. The van der Waals surface area contributed by atoms with Gasteiger partial charge in [-0.05, 0) is 18.6 Å². The molecular weight excluding hydrogens is 180 g/mol. The lowest BCUT2D eigenvalue weighted by Gasteiger charge is -1.95. The summed E-state index contributed by atoms with van der Waals surface area (Å²) in [7, 11) is 0. The van der Waals surface area contributed by atoms with E-state index in [4.69, 9.17) is 5.26 Å². The first kappa shape index (κ1) is 9.64. The number of pyridine rings is 1. The Labute approximate surface area is 83.0 Å². The molecule has 1 aromatic heterocycles. The maximum atomic E-state index is 8.62. The molecule has 0 amide bonds. The fourth-order valence-corrected chi connectivity index (χ4v) is 0.981. The van der Waals surface area contributed by atoms with Crippen molar-refractivity contribution >= 4 is 12.6 Å². The van der Waals surface area contributed by atoms with Gasteiger partial charge >= 0.3 is 0 Å². The van der Waals surface area contributed by atoms with Crippen LogP contribution in [0.5, 0.6) is 0 Å². The lowest BCUT2D eigenvalue weighted by atomic mass is 10.2. The number of aryl methyl sites for hydroxylation is 1. The average Bonchev–Trinajstić information content (AvgIpc) is 2.15. The molecule has 0 fully saturated rings. The molecule has 0 aliphatic rings. The van der Waals surface area contributed by atoms with E-state index < -0.39 is 0 Å². The summed E-state index contributed by atoms with van der Waals surface area (Å²) in [5.74, 6) is 6.24. The van der Waals surface area contributed by atoms with Crippen LogP contribution >= 0.6 is 12.6 Å². The normalized spacial score (nSPS) is 8.38. The van der Waals surface area contributed by atoms with Crippen LogP contribution in [0.3, 0.4) is 0 Å². The third kappa shape index (κ3) is 2.50. The van der Waals surface area contributed by atoms with E-state index in [0.717, 1.165) is 11.1 Å². The topological polar surface area (TPSA) is 36.7 Å². The van der Waals surface area contributed by atoms with Gasteiger partial charge in [-0.15, -0.1) is 0 Å². The molecule has 0 saturated heterocycles. The molecule has 0 unspecified atom stereocenters. The molecule has 0 aliphatic heterocycles. The molecular formula is C10H8N2S. The summed E-state index contributed by atoms with van der Waals surface area (Å²) >= 11 is 3.97. The summed E-state index contributed by atoms with van der Waals surface area (Å²) < 4.78 is 0. The Bertz CT molecular complexity index is 407. The lowest BCUT2D eigenvalue weighted by molar-refractivity contribution is 1.20. The van der Waals surface area contributed by atoms with Crippen molar-refractivity contribution in [2.75, 3.05) is 5.75 Å². The van der Waals surface area contributed by atoms with Crippen LogP contribution < -0.4 is 0 Å². The molecule has 1 heterocycles. The van der Waals surface area contributed by atoms with Crippen LogP contribution in [0.25, 0.3) is 0 Å². The predicted molar refractivity (Wildman–Crippen MR) is 54.4 cm³/mol. The molecule has 0 atom stereocenters. The van der Waals surface area contributed by atoms with E-state index >= 15 is 0 Å². The highest BCUT2D eigenvalue weighted by molar-refractivity contribution is 7.80. The molecule has 0 spiro atoms. The minimum Gasteiger partial charge on any atom is -0.244 e. The van der Waals surface area contributed by atoms with Gasteiger partial charge in [-0.1, -0.05) is 11.8 Å². The van der Waals surface area contributed by atoms with E-state index in [1.807, 2.05) is 19.1 Å². The van der Waals surface area contributed by atoms with Crippen molar-refractivity contribution in [3.05, 3.63) is 29.1 Å². The molecule has 0 N–H and O–H groups in total. The van der Waals surface area contributed by atoms with Crippen molar-refractivity contribution in [3.63, 3.8) is 0 Å². The second kappa shape index (κ2) is 4.54. The van der Waals surface area contributed by atoms with Gasteiger partial charge in [-0.25, -0.2) is 4.98 Å². The van der Waals surface area contributed by atoms with E-state index in [2.05, 4.69) is 29.5 Å². The van der Waals surface area contributed by atoms with Crippen LogP contribution in [-0.4, -0.2) is 10.7 Å². The summed E-state index contributed by atoms with van der Waals surface area (Å²) in [6, 6.07) is 3.85. The second-order valence-corrected chi connectivity index (χ2v) is 2.78. The third-order valence-electron chi connectivity index (χ3n) is 1.50. The van der Waals surface area contributed by atoms with Gasteiger partial charge in [-0.2, -0.15) is 17.9 Å². The molecule has 1 rings (SSSR count). The second-order valence-electron chi connectivity index (χ2n) is 2.46. The first-order valence-corrected chi connectivity index (χ1v) is 4.37. The monoisotopic (exact) mass is 188 g/mol. The molecule has 13 heavy (non-hydrogen) atoms. The smallest absolute Gasteiger partial charge is 0.143 e. The Morgan fingerprint density at radius 2 is 2.38 bits per heavy atom. The van der Waals surface area contributed by atoms with Gasteiger partial charge in [0.05, 0.1) is 5.75 Å². The van der Waals surface area contributed by atoms with Crippen LogP contribution in [0.15, 0.2) is 12.3 Å². The Morgan fingerprint density at radius 1 is 1.62 bits per heavy atom. The first-order chi connectivity index (χ1) is 6.27. The predicted octanol–water partition coefficient (Wildman–Crippen LogP) is 1.54. The standard InChI is InChI=1S/C10H8N2S/c1-8-5-9(3-2-4-13)7-12-10(8)6-11/h5,7,13H,4H2,1H3. The summed E-state index contributed by atoms with van der Waals surface area (Å²) in [5, 5.41) is 8.62. The van der Waals surface area contributed by atoms with E-state index in [0.29, 0.717) is 11.4 Å². The molecule has 3 heteroatoms. The summed E-state index contributed by atoms with van der Waals surface area (Å²) in [6.45, 7) is 1.84. The fraction of sp³-hybridized carbons (Fsp3) is 0.200. The minimum absolute atomic E-state index is 0.455. The molecule has 0 aliphatic carbocycles. The molecule has 1 aromatic rings. The van der Waals surface area contributed by atoms with Gasteiger partial charge in [0.25, 0.3) is 0 Å². The zero-order valence-electron chi connectivity index (χ0n) is 7.20. The number of nitrogens with zero attached hydrogens (tertiary/aromatic N) is 2. The lowest BCUT2D eigenvalue weighted by Crippen LogP contribution is -1.89. The Kier molecular flexibility index (Phi) is 3.37. The third-order valence-corrected chi connectivity index (χ3v) is 1.65. The molecule has 0 saturated carbocycles. The minimum atomic E-state index is 0.455. The maximum absolute atomic E-state index is 8.62. The zero-order chi connectivity index (χ0) is 9.68. The van der Waals surface area contributed by atoms with Crippen LogP contribution in [0.1, 0.15) is 16.8 Å².